The Kier molecular flexibility index (Phi) is 10.7. The van der Waals surface area contributed by atoms with Gasteiger partial charge in [-0.1, -0.05) is 147 Å². The summed E-state index contributed by atoms with van der Waals surface area (Å²) >= 11 is 1.69. The molecule has 7 rings (SSSR count). The summed E-state index contributed by atoms with van der Waals surface area (Å²) in [4.78, 5) is 10.2. The highest BCUT2D eigenvalue weighted by atomic mass is 32.1. The highest BCUT2D eigenvalue weighted by Gasteiger charge is 2.20. The van der Waals surface area contributed by atoms with Crippen molar-refractivity contribution in [1.82, 2.24) is 4.98 Å². The summed E-state index contributed by atoms with van der Waals surface area (Å²) in [5.41, 5.74) is 16.0. The summed E-state index contributed by atoms with van der Waals surface area (Å²) in [6.45, 7) is 20.3. The number of fused-ring (bicyclic) bond motifs is 1. The zero-order chi connectivity index (χ0) is 39.0. The number of aromatic hydroxyl groups is 1. The maximum atomic E-state index is 10.7. The fourth-order valence-corrected chi connectivity index (χ4v) is 8.36. The number of aromatic nitrogens is 1. The normalized spacial score (nSPS) is 12.2. The lowest BCUT2D eigenvalue weighted by molar-refractivity contribution is 0.473. The molecular weight excluding hydrogens is 689 g/mol. The topological polar surface area (TPSA) is 45.5 Å². The molecule has 0 amide bonds. The number of phenolic OH excluding ortho intramolecular Hbond substituents is 1. The maximum Gasteiger partial charge on any atom is 0.126 e. The molecule has 0 aliphatic rings. The predicted molar refractivity (Wildman–Crippen MR) is 238 cm³/mol. The van der Waals surface area contributed by atoms with Crippen molar-refractivity contribution < 1.29 is 5.11 Å². The number of phenols is 1. The summed E-state index contributed by atoms with van der Waals surface area (Å²) in [7, 11) is 0. The molecule has 6 aromatic carbocycles. The zero-order valence-electron chi connectivity index (χ0n) is 33.6. The van der Waals surface area contributed by atoms with Gasteiger partial charge in [-0.2, -0.15) is 0 Å². The van der Waals surface area contributed by atoms with Gasteiger partial charge in [-0.3, -0.25) is 4.99 Å². The van der Waals surface area contributed by atoms with Crippen LogP contribution in [0.3, 0.4) is 0 Å². The molecule has 278 valence electrons. The molecule has 0 saturated carbocycles. The van der Waals surface area contributed by atoms with Crippen molar-refractivity contribution in [3.05, 3.63) is 149 Å². The molecule has 1 N–H and O–H groups in total. The Morgan fingerprint density at radius 3 is 1.89 bits per heavy atom. The van der Waals surface area contributed by atoms with E-state index in [0.717, 1.165) is 48.7 Å². The molecular formula is C51H52N2OS. The van der Waals surface area contributed by atoms with E-state index in [4.69, 9.17) is 9.98 Å². The molecule has 0 aliphatic heterocycles. The van der Waals surface area contributed by atoms with Crippen molar-refractivity contribution in [2.45, 2.75) is 85.5 Å². The minimum absolute atomic E-state index is 0.0409. The van der Waals surface area contributed by atoms with E-state index in [1.165, 1.54) is 33.4 Å². The Morgan fingerprint density at radius 2 is 1.25 bits per heavy atom. The van der Waals surface area contributed by atoms with Gasteiger partial charge in [-0.25, -0.2) is 4.98 Å². The van der Waals surface area contributed by atoms with Crippen LogP contribution in [-0.2, 0) is 5.41 Å². The van der Waals surface area contributed by atoms with Crippen LogP contribution in [-0.4, -0.2) is 16.3 Å². The van der Waals surface area contributed by atoms with Gasteiger partial charge in [0.25, 0.3) is 0 Å². The number of benzene rings is 6. The van der Waals surface area contributed by atoms with Gasteiger partial charge in [-0.15, -0.1) is 11.3 Å². The highest BCUT2D eigenvalue weighted by Crippen LogP contribution is 2.43. The third-order valence-corrected chi connectivity index (χ3v) is 11.6. The molecule has 0 atom stereocenters. The fourth-order valence-electron chi connectivity index (χ4n) is 7.30. The van der Waals surface area contributed by atoms with Gasteiger partial charge < -0.3 is 5.11 Å². The van der Waals surface area contributed by atoms with Gasteiger partial charge >= 0.3 is 0 Å². The lowest BCUT2D eigenvalue weighted by atomic mass is 9.81. The van der Waals surface area contributed by atoms with Crippen LogP contribution < -0.4 is 0 Å². The Bertz CT molecular complexity index is 2470. The van der Waals surface area contributed by atoms with E-state index < -0.39 is 0 Å². The van der Waals surface area contributed by atoms with Gasteiger partial charge in [0.15, 0.2) is 0 Å². The molecule has 1 heterocycles. The minimum Gasteiger partial charge on any atom is -0.507 e. The Balaban J connectivity index is 1.31. The van der Waals surface area contributed by atoms with Gasteiger partial charge in [0.2, 0.25) is 0 Å². The second-order valence-corrected chi connectivity index (χ2v) is 17.7. The molecule has 0 fully saturated rings. The average Bonchev–Trinajstić information content (AvgIpc) is 3.61. The standard InChI is InChI=1S/C51H52N2OS/c1-31(2)37-26-42(32(3)4)48(43(27-37)33(5)6)36-21-19-34(20-22-36)38-28-44(35-15-11-10-12-16-35)49-47(29-38)55-50(53-49)41-17-13-14-18-45(41)52-30-39-25-40(51(7,8)9)23-24-46(39)54/h10-33,54H,1-9H3. The fraction of sp³-hybridized carbons (Fsp3) is 0.255. The molecule has 3 nitrogen and oxygen atoms in total. The molecule has 0 unspecified atom stereocenters. The largest absolute Gasteiger partial charge is 0.507 e. The molecule has 55 heavy (non-hydrogen) atoms. The van der Waals surface area contributed by atoms with E-state index in [0.29, 0.717) is 23.3 Å². The first-order chi connectivity index (χ1) is 26.3. The van der Waals surface area contributed by atoms with Gasteiger partial charge in [0, 0.05) is 22.9 Å². The van der Waals surface area contributed by atoms with Gasteiger partial charge in [0.1, 0.15) is 10.8 Å². The average molecular weight is 741 g/mol. The van der Waals surface area contributed by atoms with Crippen LogP contribution in [0.15, 0.2) is 126 Å². The first-order valence-electron chi connectivity index (χ1n) is 19.5. The van der Waals surface area contributed by atoms with Gasteiger partial charge in [0.05, 0.1) is 15.9 Å². The highest BCUT2D eigenvalue weighted by molar-refractivity contribution is 7.21. The van der Waals surface area contributed by atoms with Crippen molar-refractivity contribution in [1.29, 1.82) is 0 Å². The van der Waals surface area contributed by atoms with Crippen LogP contribution >= 0.6 is 11.3 Å². The summed E-state index contributed by atoms with van der Waals surface area (Å²) in [5, 5.41) is 11.6. The van der Waals surface area contributed by atoms with Crippen LogP contribution in [0, 0.1) is 0 Å². The Morgan fingerprint density at radius 1 is 0.618 bits per heavy atom. The number of para-hydroxylation sites is 1. The zero-order valence-corrected chi connectivity index (χ0v) is 34.4. The third-order valence-electron chi connectivity index (χ3n) is 10.6. The molecule has 0 spiro atoms. The maximum absolute atomic E-state index is 10.7. The lowest BCUT2D eigenvalue weighted by Gasteiger charge is -2.23. The van der Waals surface area contributed by atoms with Crippen molar-refractivity contribution in [3.8, 4) is 49.7 Å². The molecule has 0 saturated heterocycles. The molecule has 0 aliphatic carbocycles. The quantitative estimate of drug-likeness (QED) is 0.150. The summed E-state index contributed by atoms with van der Waals surface area (Å²) in [6.07, 6.45) is 1.76. The van der Waals surface area contributed by atoms with Crippen molar-refractivity contribution in [2.75, 3.05) is 0 Å². The van der Waals surface area contributed by atoms with Crippen LogP contribution in [0.25, 0.3) is 54.2 Å². The van der Waals surface area contributed by atoms with E-state index >= 15 is 0 Å². The van der Waals surface area contributed by atoms with E-state index in [1.54, 1.807) is 23.6 Å². The number of rotatable bonds is 9. The number of hydrogen-bond acceptors (Lipinski definition) is 4. The molecule has 4 heteroatoms. The number of aliphatic imine (C=N–C) groups is 1. The summed E-state index contributed by atoms with van der Waals surface area (Å²) in [6, 6.07) is 43.1. The molecule has 7 aromatic rings. The molecule has 0 bridgehead atoms. The second-order valence-electron chi connectivity index (χ2n) is 16.7. The van der Waals surface area contributed by atoms with E-state index in [9.17, 15) is 5.11 Å². The molecule has 1 aromatic heterocycles. The first-order valence-corrected chi connectivity index (χ1v) is 20.4. The van der Waals surface area contributed by atoms with E-state index in [2.05, 4.69) is 147 Å². The summed E-state index contributed by atoms with van der Waals surface area (Å²) in [5.74, 6) is 1.54. The number of nitrogens with zero attached hydrogens (tertiary/aromatic N) is 2. The minimum atomic E-state index is -0.0409. The smallest absolute Gasteiger partial charge is 0.126 e. The van der Waals surface area contributed by atoms with Crippen molar-refractivity contribution in [2.24, 2.45) is 4.99 Å². The monoisotopic (exact) mass is 740 g/mol. The second kappa shape index (κ2) is 15.4. The van der Waals surface area contributed by atoms with Gasteiger partial charge in [-0.05, 0) is 110 Å². The predicted octanol–water partition coefficient (Wildman–Crippen LogP) is 15.1. The Hall–Kier alpha value is -5.32. The summed E-state index contributed by atoms with van der Waals surface area (Å²) < 4.78 is 1.12. The molecule has 0 radical (unpaired) electrons. The third kappa shape index (κ3) is 7.93. The lowest BCUT2D eigenvalue weighted by Crippen LogP contribution is -2.11. The first kappa shape index (κ1) is 38.0. The van der Waals surface area contributed by atoms with Crippen LogP contribution in [0.1, 0.15) is 108 Å². The van der Waals surface area contributed by atoms with Crippen LogP contribution in [0.5, 0.6) is 5.75 Å². The SMILES string of the molecule is CC(C)c1cc(C(C)C)c(-c2ccc(-c3cc(-c4ccccc4)c4nc(-c5ccccc5N=Cc5cc(C(C)(C)C)ccc5O)sc4c3)cc2)c(C(C)C)c1. The van der Waals surface area contributed by atoms with E-state index in [-0.39, 0.29) is 11.2 Å². The number of thiazole rings is 1. The Labute approximate surface area is 331 Å². The van der Waals surface area contributed by atoms with Crippen LogP contribution in [0.4, 0.5) is 5.69 Å². The van der Waals surface area contributed by atoms with Crippen LogP contribution in [0.2, 0.25) is 0 Å². The van der Waals surface area contributed by atoms with Crippen molar-refractivity contribution >= 4 is 33.5 Å². The van der Waals surface area contributed by atoms with Crippen molar-refractivity contribution in [3.63, 3.8) is 0 Å². The van der Waals surface area contributed by atoms with E-state index in [1.807, 2.05) is 30.3 Å². The number of hydrogen-bond donors (Lipinski definition) is 1.